The van der Waals surface area contributed by atoms with Gasteiger partial charge in [-0.3, -0.25) is 4.79 Å². The maximum Gasteiger partial charge on any atom is 0.339 e. The number of ether oxygens (including phenoxy) is 1. The minimum atomic E-state index is -1.04. The van der Waals surface area contributed by atoms with E-state index in [1.807, 2.05) is 31.2 Å². The fourth-order valence-corrected chi connectivity index (χ4v) is 2.40. The molecule has 1 aromatic heterocycles. The van der Waals surface area contributed by atoms with E-state index in [0.717, 1.165) is 11.3 Å². The highest BCUT2D eigenvalue weighted by Crippen LogP contribution is 2.16. The fraction of sp³-hybridized carbons (Fsp3) is 0.333. The molecule has 2 aromatic rings. The number of amides is 1. The van der Waals surface area contributed by atoms with Crippen molar-refractivity contribution < 1.29 is 23.8 Å². The Morgan fingerprint density at radius 1 is 1.29 bits per heavy atom. The summed E-state index contributed by atoms with van der Waals surface area (Å²) in [7, 11) is 1.61. The maximum absolute atomic E-state index is 12.2. The summed E-state index contributed by atoms with van der Waals surface area (Å²) < 4.78 is 10.4. The number of nitrogens with one attached hydrogen (secondary N) is 1. The van der Waals surface area contributed by atoms with Crippen LogP contribution in [-0.4, -0.2) is 24.1 Å². The van der Waals surface area contributed by atoms with Crippen molar-refractivity contribution in [2.75, 3.05) is 7.11 Å². The highest BCUT2D eigenvalue weighted by Gasteiger charge is 2.16. The minimum absolute atomic E-state index is 0.114. The molecule has 0 spiro atoms. The number of aromatic carboxylic acids is 1. The molecule has 2 N–H and O–H groups in total. The standard InChI is InChI=1S/C18H21NO5/c1-11(8-13-4-6-14(23-3)7-5-13)17(20)19-10-15-9-16(18(21)22)12(2)24-15/h4-7,9,11H,8,10H2,1-3H3,(H,19,20)(H,21,22). The fourth-order valence-electron chi connectivity index (χ4n) is 2.40. The van der Waals surface area contributed by atoms with Crippen molar-refractivity contribution in [1.29, 1.82) is 0 Å². The quantitative estimate of drug-likeness (QED) is 0.814. The molecule has 1 aromatic carbocycles. The molecule has 0 aliphatic heterocycles. The van der Waals surface area contributed by atoms with Crippen LogP contribution in [0.25, 0.3) is 0 Å². The monoisotopic (exact) mass is 331 g/mol. The topological polar surface area (TPSA) is 88.8 Å². The van der Waals surface area contributed by atoms with Gasteiger partial charge in [0.05, 0.1) is 13.7 Å². The van der Waals surface area contributed by atoms with E-state index in [9.17, 15) is 9.59 Å². The molecule has 0 saturated carbocycles. The predicted molar refractivity (Wildman–Crippen MR) is 88.1 cm³/mol. The molecule has 24 heavy (non-hydrogen) atoms. The molecule has 6 nitrogen and oxygen atoms in total. The normalized spacial score (nSPS) is 11.8. The van der Waals surface area contributed by atoms with E-state index in [-0.39, 0.29) is 23.9 Å². The number of hydrogen-bond acceptors (Lipinski definition) is 4. The van der Waals surface area contributed by atoms with Gasteiger partial charge < -0.3 is 19.6 Å². The van der Waals surface area contributed by atoms with Crippen molar-refractivity contribution in [2.45, 2.75) is 26.8 Å². The second-order valence-corrected chi connectivity index (χ2v) is 5.66. The van der Waals surface area contributed by atoms with E-state index < -0.39 is 5.97 Å². The van der Waals surface area contributed by atoms with Gasteiger partial charge >= 0.3 is 5.97 Å². The van der Waals surface area contributed by atoms with Gasteiger partial charge in [-0.2, -0.15) is 0 Å². The molecule has 0 saturated heterocycles. The smallest absolute Gasteiger partial charge is 0.339 e. The third kappa shape index (κ3) is 4.38. The zero-order valence-corrected chi connectivity index (χ0v) is 14.0. The van der Waals surface area contributed by atoms with Crippen LogP contribution in [-0.2, 0) is 17.8 Å². The lowest BCUT2D eigenvalue weighted by Gasteiger charge is -2.12. The molecule has 0 aliphatic rings. The van der Waals surface area contributed by atoms with Gasteiger partial charge in [0.25, 0.3) is 0 Å². The number of carbonyl (C=O) groups excluding carboxylic acids is 1. The second-order valence-electron chi connectivity index (χ2n) is 5.66. The van der Waals surface area contributed by atoms with Gasteiger partial charge in [-0.1, -0.05) is 19.1 Å². The zero-order chi connectivity index (χ0) is 17.7. The van der Waals surface area contributed by atoms with Crippen LogP contribution >= 0.6 is 0 Å². The second kappa shape index (κ2) is 7.68. The van der Waals surface area contributed by atoms with E-state index in [0.29, 0.717) is 17.9 Å². The molecule has 0 bridgehead atoms. The van der Waals surface area contributed by atoms with Crippen molar-refractivity contribution in [1.82, 2.24) is 5.32 Å². The number of carbonyl (C=O) groups is 2. The Kier molecular flexibility index (Phi) is 5.63. The van der Waals surface area contributed by atoms with Crippen LogP contribution in [0.4, 0.5) is 0 Å². The largest absolute Gasteiger partial charge is 0.497 e. The van der Waals surface area contributed by atoms with Crippen LogP contribution in [0.5, 0.6) is 5.75 Å². The Labute approximate surface area is 140 Å². The molecule has 1 heterocycles. The first-order valence-corrected chi connectivity index (χ1v) is 7.64. The molecule has 6 heteroatoms. The number of furan rings is 1. The third-order valence-electron chi connectivity index (χ3n) is 3.78. The SMILES string of the molecule is COc1ccc(CC(C)C(=O)NCc2cc(C(=O)O)c(C)o2)cc1. The molecular formula is C18H21NO5. The predicted octanol–water partition coefficient (Wildman–Crippen LogP) is 2.79. The van der Waals surface area contributed by atoms with Crippen LogP contribution < -0.4 is 10.1 Å². The third-order valence-corrected chi connectivity index (χ3v) is 3.78. The van der Waals surface area contributed by atoms with Gasteiger partial charge in [-0.15, -0.1) is 0 Å². The molecule has 2 rings (SSSR count). The molecule has 128 valence electrons. The van der Waals surface area contributed by atoms with Gasteiger partial charge in [0.2, 0.25) is 5.91 Å². The van der Waals surface area contributed by atoms with E-state index in [4.69, 9.17) is 14.3 Å². The summed E-state index contributed by atoms with van der Waals surface area (Å²) in [5.74, 6) is 0.165. The Morgan fingerprint density at radius 2 is 1.96 bits per heavy atom. The average molecular weight is 331 g/mol. The van der Waals surface area contributed by atoms with E-state index in [2.05, 4.69) is 5.32 Å². The Morgan fingerprint density at radius 3 is 2.50 bits per heavy atom. The maximum atomic E-state index is 12.2. The molecule has 0 aliphatic carbocycles. The summed E-state index contributed by atoms with van der Waals surface area (Å²) in [5.41, 5.74) is 1.16. The van der Waals surface area contributed by atoms with Crippen LogP contribution in [0.3, 0.4) is 0 Å². The summed E-state index contributed by atoms with van der Waals surface area (Å²) in [4.78, 5) is 23.1. The average Bonchev–Trinajstić information content (AvgIpc) is 2.94. The summed E-state index contributed by atoms with van der Waals surface area (Å²) in [5, 5.41) is 11.8. The van der Waals surface area contributed by atoms with Crippen molar-refractivity contribution >= 4 is 11.9 Å². The number of benzene rings is 1. The Hall–Kier alpha value is -2.76. The summed E-state index contributed by atoms with van der Waals surface area (Å²) in [6.07, 6.45) is 0.605. The van der Waals surface area contributed by atoms with Gasteiger partial charge in [-0.05, 0) is 37.1 Å². The van der Waals surface area contributed by atoms with Crippen LogP contribution in [0, 0.1) is 12.8 Å². The summed E-state index contributed by atoms with van der Waals surface area (Å²) in [6.45, 7) is 3.59. The van der Waals surface area contributed by atoms with E-state index >= 15 is 0 Å². The molecule has 1 unspecified atom stereocenters. The first-order chi connectivity index (χ1) is 11.4. The van der Waals surface area contributed by atoms with Gasteiger partial charge in [0.15, 0.2) is 0 Å². The van der Waals surface area contributed by atoms with Crippen molar-refractivity contribution in [3.8, 4) is 5.75 Å². The minimum Gasteiger partial charge on any atom is -0.497 e. The van der Waals surface area contributed by atoms with Gasteiger partial charge in [0.1, 0.15) is 22.8 Å². The summed E-state index contributed by atoms with van der Waals surface area (Å²) >= 11 is 0. The number of rotatable bonds is 7. The van der Waals surface area contributed by atoms with Gasteiger partial charge in [-0.25, -0.2) is 4.79 Å². The number of hydrogen-bond donors (Lipinski definition) is 2. The van der Waals surface area contributed by atoms with E-state index in [1.54, 1.807) is 14.0 Å². The first kappa shape index (κ1) is 17.6. The lowest BCUT2D eigenvalue weighted by molar-refractivity contribution is -0.124. The number of carboxylic acids is 1. The highest BCUT2D eigenvalue weighted by molar-refractivity contribution is 5.88. The Bertz CT molecular complexity index is 718. The van der Waals surface area contributed by atoms with Crippen molar-refractivity contribution in [2.24, 2.45) is 5.92 Å². The first-order valence-electron chi connectivity index (χ1n) is 7.64. The lowest BCUT2D eigenvalue weighted by Crippen LogP contribution is -2.29. The number of carboxylic acid groups (broad SMARTS) is 1. The molecule has 1 amide bonds. The highest BCUT2D eigenvalue weighted by atomic mass is 16.5. The van der Waals surface area contributed by atoms with E-state index in [1.165, 1.54) is 6.07 Å². The summed E-state index contributed by atoms with van der Waals surface area (Å²) in [6, 6.07) is 9.01. The number of methoxy groups -OCH3 is 1. The molecule has 0 fully saturated rings. The van der Waals surface area contributed by atoms with Crippen LogP contribution in [0.1, 0.15) is 34.4 Å². The molecular weight excluding hydrogens is 310 g/mol. The zero-order valence-electron chi connectivity index (χ0n) is 14.0. The van der Waals surface area contributed by atoms with Gasteiger partial charge in [0, 0.05) is 5.92 Å². The Balaban J connectivity index is 1.89. The number of aryl methyl sites for hydroxylation is 1. The van der Waals surface area contributed by atoms with Crippen LogP contribution in [0.2, 0.25) is 0 Å². The van der Waals surface area contributed by atoms with Crippen LogP contribution in [0.15, 0.2) is 34.7 Å². The molecule has 1 atom stereocenters. The van der Waals surface area contributed by atoms with Crippen molar-refractivity contribution in [3.05, 3.63) is 53.0 Å². The lowest BCUT2D eigenvalue weighted by atomic mass is 10.0. The van der Waals surface area contributed by atoms with Crippen molar-refractivity contribution in [3.63, 3.8) is 0 Å². The molecule has 0 radical (unpaired) electrons.